The maximum absolute atomic E-state index is 6.13. The molecule has 0 radical (unpaired) electrons. The molecule has 2 saturated heterocycles. The number of hydrogen-bond acceptors (Lipinski definition) is 4. The summed E-state index contributed by atoms with van der Waals surface area (Å²) < 4.78 is 11.5. The lowest BCUT2D eigenvalue weighted by molar-refractivity contribution is 0.0498. The maximum Gasteiger partial charge on any atom is 0.142 e. The number of nitrogens with zero attached hydrogens (tertiary/aromatic N) is 1. The van der Waals surface area contributed by atoms with Gasteiger partial charge >= 0.3 is 0 Å². The van der Waals surface area contributed by atoms with E-state index < -0.39 is 0 Å². The summed E-state index contributed by atoms with van der Waals surface area (Å²) in [6, 6.07) is 8.75. The van der Waals surface area contributed by atoms with Gasteiger partial charge in [-0.3, -0.25) is 0 Å². The van der Waals surface area contributed by atoms with Gasteiger partial charge in [-0.15, -0.1) is 0 Å². The van der Waals surface area contributed by atoms with E-state index in [0.29, 0.717) is 12.0 Å². The Balaban J connectivity index is 1.62. The van der Waals surface area contributed by atoms with Gasteiger partial charge in [0.1, 0.15) is 5.75 Å². The number of rotatable bonds is 4. The third-order valence-corrected chi connectivity index (χ3v) is 4.56. The number of piperidine rings is 1. The molecule has 21 heavy (non-hydrogen) atoms. The van der Waals surface area contributed by atoms with Gasteiger partial charge in [-0.05, 0) is 43.7 Å². The molecule has 0 unspecified atom stereocenters. The fourth-order valence-corrected chi connectivity index (χ4v) is 3.10. The zero-order valence-electron chi connectivity index (χ0n) is 12.7. The third-order valence-electron chi connectivity index (χ3n) is 4.56. The Labute approximate surface area is 127 Å². The highest BCUT2D eigenvalue weighted by Gasteiger charge is 2.20. The number of nitrogens with two attached hydrogens (primary N) is 1. The fourth-order valence-electron chi connectivity index (χ4n) is 3.10. The standard InChI is InChI=1S/C17H26N2O2/c18-15-5-9-19(10-6-15)16-3-1-2-4-17(16)21-13-14-7-11-20-12-8-14/h1-4,14-15H,5-13,18H2. The van der Waals surface area contributed by atoms with Gasteiger partial charge < -0.3 is 20.1 Å². The van der Waals surface area contributed by atoms with Gasteiger partial charge in [0, 0.05) is 32.3 Å². The van der Waals surface area contributed by atoms with Crippen molar-refractivity contribution in [3.05, 3.63) is 24.3 Å². The van der Waals surface area contributed by atoms with Crippen LogP contribution < -0.4 is 15.4 Å². The summed E-state index contributed by atoms with van der Waals surface area (Å²) in [5.74, 6) is 1.64. The van der Waals surface area contributed by atoms with E-state index in [1.807, 2.05) is 0 Å². The zero-order valence-corrected chi connectivity index (χ0v) is 12.7. The van der Waals surface area contributed by atoms with Gasteiger partial charge in [0.05, 0.1) is 12.3 Å². The molecule has 0 saturated carbocycles. The molecule has 3 rings (SSSR count). The Kier molecular flexibility index (Phi) is 4.99. The molecule has 116 valence electrons. The molecule has 0 aliphatic carbocycles. The number of benzene rings is 1. The molecule has 0 spiro atoms. The van der Waals surface area contributed by atoms with Crippen LogP contribution in [0.15, 0.2) is 24.3 Å². The van der Waals surface area contributed by atoms with Gasteiger partial charge in [-0.1, -0.05) is 12.1 Å². The van der Waals surface area contributed by atoms with Crippen molar-refractivity contribution < 1.29 is 9.47 Å². The number of para-hydroxylation sites is 2. The van der Waals surface area contributed by atoms with Gasteiger partial charge in [0.15, 0.2) is 0 Å². The van der Waals surface area contributed by atoms with Gasteiger partial charge in [-0.25, -0.2) is 0 Å². The van der Waals surface area contributed by atoms with Crippen LogP contribution in [0.5, 0.6) is 5.75 Å². The molecule has 2 N–H and O–H groups in total. The summed E-state index contributed by atoms with van der Waals surface area (Å²) in [6.45, 7) is 4.60. The first-order valence-corrected chi connectivity index (χ1v) is 8.13. The maximum atomic E-state index is 6.13. The average Bonchev–Trinajstić information content (AvgIpc) is 2.55. The van der Waals surface area contributed by atoms with E-state index in [1.165, 1.54) is 5.69 Å². The SMILES string of the molecule is NC1CCN(c2ccccc2OCC2CCOCC2)CC1. The molecule has 2 aliphatic rings. The van der Waals surface area contributed by atoms with Crippen molar-refractivity contribution in [3.63, 3.8) is 0 Å². The first-order chi connectivity index (χ1) is 10.3. The molecular formula is C17H26N2O2. The van der Waals surface area contributed by atoms with Gasteiger partial charge in [-0.2, -0.15) is 0 Å². The van der Waals surface area contributed by atoms with E-state index in [4.69, 9.17) is 15.2 Å². The number of hydrogen-bond donors (Lipinski definition) is 1. The van der Waals surface area contributed by atoms with Crippen LogP contribution in [0.2, 0.25) is 0 Å². The summed E-state index contributed by atoms with van der Waals surface area (Å²) in [6.07, 6.45) is 4.35. The molecule has 2 heterocycles. The predicted octanol–water partition coefficient (Wildman–Crippen LogP) is 2.42. The first kappa shape index (κ1) is 14.7. The summed E-state index contributed by atoms with van der Waals surface area (Å²) in [5.41, 5.74) is 7.22. The largest absolute Gasteiger partial charge is 0.491 e. The van der Waals surface area contributed by atoms with E-state index in [2.05, 4.69) is 29.2 Å². The highest BCUT2D eigenvalue weighted by Crippen LogP contribution is 2.31. The molecular weight excluding hydrogens is 264 g/mol. The van der Waals surface area contributed by atoms with Crippen molar-refractivity contribution >= 4 is 5.69 Å². The molecule has 1 aromatic carbocycles. The van der Waals surface area contributed by atoms with Crippen LogP contribution in [0.25, 0.3) is 0 Å². The second-order valence-electron chi connectivity index (χ2n) is 6.16. The molecule has 0 amide bonds. The first-order valence-electron chi connectivity index (χ1n) is 8.13. The van der Waals surface area contributed by atoms with E-state index in [0.717, 1.165) is 64.3 Å². The summed E-state index contributed by atoms with van der Waals surface area (Å²) >= 11 is 0. The Morgan fingerprint density at radius 2 is 1.81 bits per heavy atom. The van der Waals surface area contributed by atoms with Gasteiger partial charge in [0.25, 0.3) is 0 Å². The molecule has 0 aromatic heterocycles. The highest BCUT2D eigenvalue weighted by molar-refractivity contribution is 5.58. The van der Waals surface area contributed by atoms with Crippen LogP contribution in [0.1, 0.15) is 25.7 Å². The van der Waals surface area contributed by atoms with E-state index in [9.17, 15) is 0 Å². The summed E-state index contributed by atoms with van der Waals surface area (Å²) in [4.78, 5) is 2.41. The topological polar surface area (TPSA) is 47.7 Å². The van der Waals surface area contributed by atoms with Crippen LogP contribution in [-0.4, -0.2) is 39.0 Å². The lowest BCUT2D eigenvalue weighted by Crippen LogP contribution is -2.39. The van der Waals surface area contributed by atoms with E-state index >= 15 is 0 Å². The Morgan fingerprint density at radius 1 is 1.10 bits per heavy atom. The Bertz CT molecular complexity index is 438. The van der Waals surface area contributed by atoms with Crippen LogP contribution in [0.4, 0.5) is 5.69 Å². The van der Waals surface area contributed by atoms with Crippen molar-refractivity contribution in [2.75, 3.05) is 37.8 Å². The monoisotopic (exact) mass is 290 g/mol. The Morgan fingerprint density at radius 3 is 2.57 bits per heavy atom. The zero-order chi connectivity index (χ0) is 14.5. The summed E-state index contributed by atoms with van der Waals surface area (Å²) in [7, 11) is 0. The second kappa shape index (κ2) is 7.14. The van der Waals surface area contributed by atoms with Crippen molar-refractivity contribution in [1.29, 1.82) is 0 Å². The molecule has 4 heteroatoms. The fraction of sp³-hybridized carbons (Fsp3) is 0.647. The molecule has 2 aliphatic heterocycles. The summed E-state index contributed by atoms with van der Waals surface area (Å²) in [5, 5.41) is 0. The van der Waals surface area contributed by atoms with E-state index in [1.54, 1.807) is 0 Å². The lowest BCUT2D eigenvalue weighted by Gasteiger charge is -2.33. The molecule has 2 fully saturated rings. The quantitative estimate of drug-likeness (QED) is 0.925. The minimum atomic E-state index is 0.358. The highest BCUT2D eigenvalue weighted by atomic mass is 16.5. The molecule has 1 aromatic rings. The Hall–Kier alpha value is -1.26. The minimum Gasteiger partial charge on any atom is -0.491 e. The minimum absolute atomic E-state index is 0.358. The van der Waals surface area contributed by atoms with Crippen LogP contribution in [-0.2, 0) is 4.74 Å². The van der Waals surface area contributed by atoms with Gasteiger partial charge in [0.2, 0.25) is 0 Å². The smallest absolute Gasteiger partial charge is 0.142 e. The number of anilines is 1. The molecule has 0 atom stereocenters. The molecule has 0 bridgehead atoms. The van der Waals surface area contributed by atoms with Crippen LogP contribution >= 0.6 is 0 Å². The number of ether oxygens (including phenoxy) is 2. The van der Waals surface area contributed by atoms with Crippen LogP contribution in [0.3, 0.4) is 0 Å². The molecule has 4 nitrogen and oxygen atoms in total. The third kappa shape index (κ3) is 3.89. The predicted molar refractivity (Wildman–Crippen MR) is 84.9 cm³/mol. The normalized spacial score (nSPS) is 21.5. The van der Waals surface area contributed by atoms with Crippen molar-refractivity contribution in [2.45, 2.75) is 31.7 Å². The lowest BCUT2D eigenvalue weighted by atomic mass is 10.0. The average molecular weight is 290 g/mol. The van der Waals surface area contributed by atoms with Crippen LogP contribution in [0, 0.1) is 5.92 Å². The van der Waals surface area contributed by atoms with Crippen molar-refractivity contribution in [2.24, 2.45) is 11.7 Å². The van der Waals surface area contributed by atoms with Crippen molar-refractivity contribution in [1.82, 2.24) is 0 Å². The second-order valence-corrected chi connectivity index (χ2v) is 6.16. The van der Waals surface area contributed by atoms with Crippen molar-refractivity contribution in [3.8, 4) is 5.75 Å². The van der Waals surface area contributed by atoms with E-state index in [-0.39, 0.29) is 0 Å².